The molecule has 1 rings (SSSR count). The summed E-state index contributed by atoms with van der Waals surface area (Å²) >= 11 is 0. The van der Waals surface area contributed by atoms with E-state index in [9.17, 15) is 0 Å². The molecule has 0 aromatic heterocycles. The molecule has 1 atom stereocenters. The molecule has 4 heteroatoms. The van der Waals surface area contributed by atoms with Gasteiger partial charge in [0.1, 0.15) is 0 Å². The monoisotopic (exact) mass is 263 g/mol. The van der Waals surface area contributed by atoms with E-state index in [2.05, 4.69) is 11.2 Å². The van der Waals surface area contributed by atoms with Gasteiger partial charge in [-0.25, -0.2) is 0 Å². The Hall–Kier alpha value is -1.86. The number of methoxy groups -OCH3 is 3. The highest BCUT2D eigenvalue weighted by molar-refractivity contribution is 5.54. The lowest BCUT2D eigenvalue weighted by Crippen LogP contribution is -2.16. The van der Waals surface area contributed by atoms with Crippen LogP contribution in [-0.4, -0.2) is 28.4 Å². The van der Waals surface area contributed by atoms with Gasteiger partial charge in [-0.1, -0.05) is 0 Å². The van der Waals surface area contributed by atoms with Crippen LogP contribution in [0.5, 0.6) is 17.2 Å². The average molecular weight is 263 g/mol. The van der Waals surface area contributed by atoms with E-state index in [1.54, 1.807) is 21.3 Å². The molecule has 0 fully saturated rings. The van der Waals surface area contributed by atoms with Crippen LogP contribution < -0.4 is 19.5 Å². The number of nitrogens with one attached hydrogen (secondary N) is 1. The molecule has 104 valence electrons. The maximum Gasteiger partial charge on any atom is 0.203 e. The molecule has 1 N–H and O–H groups in total. The minimum atomic E-state index is 0.157. The van der Waals surface area contributed by atoms with Gasteiger partial charge in [0.25, 0.3) is 0 Å². The van der Waals surface area contributed by atoms with E-state index in [0.717, 1.165) is 12.0 Å². The van der Waals surface area contributed by atoms with Gasteiger partial charge in [0.05, 0.1) is 21.3 Å². The summed E-state index contributed by atoms with van der Waals surface area (Å²) in [6.07, 6.45) is 6.88. The van der Waals surface area contributed by atoms with Gasteiger partial charge in [-0.15, -0.1) is 12.3 Å². The van der Waals surface area contributed by atoms with Crippen molar-refractivity contribution in [2.75, 3.05) is 28.4 Å². The first kappa shape index (κ1) is 15.2. The van der Waals surface area contributed by atoms with Crippen molar-refractivity contribution in [3.05, 3.63) is 17.7 Å². The Labute approximate surface area is 115 Å². The zero-order valence-corrected chi connectivity index (χ0v) is 11.9. The highest BCUT2D eigenvalue weighted by Gasteiger charge is 2.17. The van der Waals surface area contributed by atoms with Crippen molar-refractivity contribution >= 4 is 0 Å². The molecule has 0 radical (unpaired) electrons. The fourth-order valence-electron chi connectivity index (χ4n) is 2.01. The SMILES string of the molecule is C#CCCC(NC)c1cc(OC)c(OC)c(OC)c1. The summed E-state index contributed by atoms with van der Waals surface area (Å²) in [5.41, 5.74) is 1.06. The largest absolute Gasteiger partial charge is 0.493 e. The second-order valence-electron chi connectivity index (χ2n) is 4.04. The molecule has 0 saturated carbocycles. The zero-order chi connectivity index (χ0) is 14.3. The lowest BCUT2D eigenvalue weighted by atomic mass is 10.0. The zero-order valence-electron chi connectivity index (χ0n) is 11.9. The number of ether oxygens (including phenoxy) is 3. The Bertz CT molecular complexity index is 426. The van der Waals surface area contributed by atoms with Crippen LogP contribution in [0.4, 0.5) is 0 Å². The molecule has 19 heavy (non-hydrogen) atoms. The minimum absolute atomic E-state index is 0.157. The van der Waals surface area contributed by atoms with Gasteiger partial charge >= 0.3 is 0 Å². The van der Waals surface area contributed by atoms with Crippen molar-refractivity contribution in [2.24, 2.45) is 0 Å². The van der Waals surface area contributed by atoms with Crippen molar-refractivity contribution in [2.45, 2.75) is 18.9 Å². The highest BCUT2D eigenvalue weighted by atomic mass is 16.5. The van der Waals surface area contributed by atoms with Gasteiger partial charge in [-0.3, -0.25) is 0 Å². The van der Waals surface area contributed by atoms with Crippen LogP contribution in [0.25, 0.3) is 0 Å². The number of terminal acetylenes is 1. The molecular formula is C15H21NO3. The maximum atomic E-state index is 5.35. The molecule has 0 spiro atoms. The van der Waals surface area contributed by atoms with E-state index < -0.39 is 0 Å². The molecule has 0 aliphatic carbocycles. The summed E-state index contributed by atoms with van der Waals surface area (Å²) in [6.45, 7) is 0. The second-order valence-corrected chi connectivity index (χ2v) is 4.04. The topological polar surface area (TPSA) is 39.7 Å². The van der Waals surface area contributed by atoms with E-state index in [0.29, 0.717) is 23.7 Å². The van der Waals surface area contributed by atoms with Crippen LogP contribution in [-0.2, 0) is 0 Å². The molecule has 0 amide bonds. The summed E-state index contributed by atoms with van der Waals surface area (Å²) in [6, 6.07) is 4.04. The average Bonchev–Trinajstić information content (AvgIpc) is 2.46. The minimum Gasteiger partial charge on any atom is -0.493 e. The third-order valence-corrected chi connectivity index (χ3v) is 3.02. The Morgan fingerprint density at radius 2 is 1.74 bits per heavy atom. The predicted molar refractivity (Wildman–Crippen MR) is 76.0 cm³/mol. The fourth-order valence-corrected chi connectivity index (χ4v) is 2.01. The Kier molecular flexibility index (Phi) is 6.04. The highest BCUT2D eigenvalue weighted by Crippen LogP contribution is 2.40. The first-order valence-corrected chi connectivity index (χ1v) is 6.12. The maximum absolute atomic E-state index is 5.35. The van der Waals surface area contributed by atoms with Crippen LogP contribution in [0.1, 0.15) is 24.4 Å². The van der Waals surface area contributed by atoms with Gasteiger partial charge in [0, 0.05) is 12.5 Å². The lowest BCUT2D eigenvalue weighted by molar-refractivity contribution is 0.323. The molecule has 0 heterocycles. The van der Waals surface area contributed by atoms with Crippen molar-refractivity contribution < 1.29 is 14.2 Å². The first-order chi connectivity index (χ1) is 9.21. The van der Waals surface area contributed by atoms with Gasteiger partial charge in [-0.05, 0) is 31.2 Å². The van der Waals surface area contributed by atoms with Gasteiger partial charge in [0.2, 0.25) is 5.75 Å². The molecule has 1 unspecified atom stereocenters. The van der Waals surface area contributed by atoms with Crippen molar-refractivity contribution in [3.63, 3.8) is 0 Å². The number of rotatable bonds is 7. The molecule has 1 aromatic rings. The van der Waals surface area contributed by atoms with Gasteiger partial charge < -0.3 is 19.5 Å². The third-order valence-electron chi connectivity index (χ3n) is 3.02. The smallest absolute Gasteiger partial charge is 0.203 e. The fraction of sp³-hybridized carbons (Fsp3) is 0.467. The van der Waals surface area contributed by atoms with Crippen molar-refractivity contribution in [3.8, 4) is 29.6 Å². The van der Waals surface area contributed by atoms with Crippen LogP contribution in [0.2, 0.25) is 0 Å². The summed E-state index contributed by atoms with van der Waals surface area (Å²) in [5.74, 6) is 4.55. The van der Waals surface area contributed by atoms with E-state index in [1.807, 2.05) is 19.2 Å². The Morgan fingerprint density at radius 3 is 2.11 bits per heavy atom. The standard InChI is InChI=1S/C15H21NO3/c1-6-7-8-12(16-2)11-9-13(17-3)15(19-5)14(10-11)18-4/h1,9-10,12,16H,7-8H2,2-5H3. The van der Waals surface area contributed by atoms with Gasteiger partial charge in [0.15, 0.2) is 11.5 Å². The van der Waals surface area contributed by atoms with Gasteiger partial charge in [-0.2, -0.15) is 0 Å². The van der Waals surface area contributed by atoms with E-state index >= 15 is 0 Å². The molecule has 4 nitrogen and oxygen atoms in total. The third kappa shape index (κ3) is 3.55. The molecule has 0 aliphatic heterocycles. The number of hydrogen-bond acceptors (Lipinski definition) is 4. The van der Waals surface area contributed by atoms with Crippen LogP contribution in [0.15, 0.2) is 12.1 Å². The number of benzene rings is 1. The molecule has 0 bridgehead atoms. The van der Waals surface area contributed by atoms with E-state index in [4.69, 9.17) is 20.6 Å². The summed E-state index contributed by atoms with van der Waals surface area (Å²) in [7, 11) is 6.71. The predicted octanol–water partition coefficient (Wildman–Crippen LogP) is 2.39. The summed E-state index contributed by atoms with van der Waals surface area (Å²) < 4.78 is 16.0. The van der Waals surface area contributed by atoms with Crippen LogP contribution >= 0.6 is 0 Å². The molecule has 1 aromatic carbocycles. The second kappa shape index (κ2) is 7.55. The lowest BCUT2D eigenvalue weighted by Gasteiger charge is -2.19. The Balaban J connectivity index is 3.17. The summed E-state index contributed by atoms with van der Waals surface area (Å²) in [5, 5.41) is 3.25. The normalized spacial score (nSPS) is 11.5. The van der Waals surface area contributed by atoms with E-state index in [1.165, 1.54) is 0 Å². The quantitative estimate of drug-likeness (QED) is 0.767. The molecule has 0 saturated heterocycles. The number of hydrogen-bond donors (Lipinski definition) is 1. The molecular weight excluding hydrogens is 242 g/mol. The Morgan fingerprint density at radius 1 is 1.16 bits per heavy atom. The molecule has 0 aliphatic rings. The van der Waals surface area contributed by atoms with Crippen molar-refractivity contribution in [1.29, 1.82) is 0 Å². The van der Waals surface area contributed by atoms with E-state index in [-0.39, 0.29) is 6.04 Å². The van der Waals surface area contributed by atoms with Crippen molar-refractivity contribution in [1.82, 2.24) is 5.32 Å². The van der Waals surface area contributed by atoms with Crippen LogP contribution in [0.3, 0.4) is 0 Å². The summed E-state index contributed by atoms with van der Waals surface area (Å²) in [4.78, 5) is 0. The van der Waals surface area contributed by atoms with Crippen LogP contribution in [0, 0.1) is 12.3 Å². The first-order valence-electron chi connectivity index (χ1n) is 6.12.